The number of hydrogen-bond donors (Lipinski definition) is 1. The maximum Gasteiger partial charge on any atom is 0.323 e. The van der Waals surface area contributed by atoms with Gasteiger partial charge in [-0.2, -0.15) is 0 Å². The van der Waals surface area contributed by atoms with Crippen LogP contribution in [-0.2, 0) is 27.3 Å². The molecule has 0 saturated carbocycles. The summed E-state index contributed by atoms with van der Waals surface area (Å²) in [5.74, 6) is -0.466. The van der Waals surface area contributed by atoms with Crippen molar-refractivity contribution in [1.29, 1.82) is 0 Å². The van der Waals surface area contributed by atoms with Crippen molar-refractivity contribution >= 4 is 33.5 Å². The Hall–Kier alpha value is -2.18. The van der Waals surface area contributed by atoms with Crippen LogP contribution >= 0.6 is 15.9 Å². The molecule has 0 spiro atoms. The van der Waals surface area contributed by atoms with Gasteiger partial charge in [0.1, 0.15) is 6.04 Å². The van der Waals surface area contributed by atoms with Gasteiger partial charge in [0.15, 0.2) is 0 Å². The lowest BCUT2D eigenvalue weighted by molar-refractivity contribution is -0.148. The summed E-state index contributed by atoms with van der Waals surface area (Å²) in [4.78, 5) is 26.6. The van der Waals surface area contributed by atoms with Crippen molar-refractivity contribution in [2.24, 2.45) is 0 Å². The van der Waals surface area contributed by atoms with Gasteiger partial charge in [-0.05, 0) is 48.2 Å². The molecule has 0 aromatic heterocycles. The molecule has 0 bridgehead atoms. The molecule has 1 amide bonds. The number of rotatable bonds is 4. The van der Waals surface area contributed by atoms with Gasteiger partial charge in [-0.1, -0.05) is 40.2 Å². The minimum Gasteiger partial charge on any atom is -0.468 e. The van der Waals surface area contributed by atoms with Crippen molar-refractivity contribution in [3.8, 4) is 0 Å². The molecule has 0 radical (unpaired) electrons. The Morgan fingerprint density at radius 3 is 2.65 bits per heavy atom. The molecule has 0 unspecified atom stereocenters. The number of hydrogen-bond acceptors (Lipinski definition) is 4. The lowest BCUT2D eigenvalue weighted by atomic mass is 9.94. The van der Waals surface area contributed by atoms with E-state index in [0.29, 0.717) is 13.0 Å². The molecular weight excluding hydrogens is 396 g/mol. The average Bonchev–Trinajstić information content (AvgIpc) is 2.63. The van der Waals surface area contributed by atoms with Crippen molar-refractivity contribution in [3.63, 3.8) is 0 Å². The van der Waals surface area contributed by atoms with Gasteiger partial charge in [0.2, 0.25) is 5.91 Å². The highest BCUT2D eigenvalue weighted by atomic mass is 79.9. The number of benzene rings is 2. The molecule has 3 rings (SSSR count). The van der Waals surface area contributed by atoms with Crippen molar-refractivity contribution in [1.82, 2.24) is 4.90 Å². The topological polar surface area (TPSA) is 58.6 Å². The predicted molar refractivity (Wildman–Crippen MR) is 104 cm³/mol. The van der Waals surface area contributed by atoms with E-state index in [-0.39, 0.29) is 18.4 Å². The van der Waals surface area contributed by atoms with Crippen molar-refractivity contribution in [2.45, 2.75) is 25.9 Å². The Morgan fingerprint density at radius 1 is 1.23 bits per heavy atom. The molecule has 1 N–H and O–H groups in total. The number of fused-ring (bicyclic) bond motifs is 1. The third-order valence-corrected chi connectivity index (χ3v) is 5.50. The minimum atomic E-state index is -0.452. The van der Waals surface area contributed by atoms with Crippen LogP contribution in [0.1, 0.15) is 16.7 Å². The molecular formula is C20H21BrN2O3. The van der Waals surface area contributed by atoms with E-state index in [2.05, 4.69) is 21.2 Å². The zero-order valence-electron chi connectivity index (χ0n) is 14.8. The molecule has 2 aromatic rings. The molecule has 2 aromatic carbocycles. The number of esters is 1. The van der Waals surface area contributed by atoms with Gasteiger partial charge >= 0.3 is 5.97 Å². The summed E-state index contributed by atoms with van der Waals surface area (Å²) in [6, 6.07) is 13.2. The first-order chi connectivity index (χ1) is 12.5. The molecule has 0 aliphatic carbocycles. The molecule has 5 nitrogen and oxygen atoms in total. The van der Waals surface area contributed by atoms with Crippen LogP contribution < -0.4 is 5.32 Å². The first-order valence-corrected chi connectivity index (χ1v) is 9.22. The van der Waals surface area contributed by atoms with Crippen molar-refractivity contribution < 1.29 is 14.3 Å². The van der Waals surface area contributed by atoms with Crippen LogP contribution in [0.25, 0.3) is 0 Å². The van der Waals surface area contributed by atoms with E-state index >= 15 is 0 Å². The maximum absolute atomic E-state index is 12.5. The van der Waals surface area contributed by atoms with Gasteiger partial charge in [0, 0.05) is 16.7 Å². The molecule has 136 valence electrons. The van der Waals surface area contributed by atoms with E-state index in [1.165, 1.54) is 7.11 Å². The highest BCUT2D eigenvalue weighted by Crippen LogP contribution is 2.24. The number of nitrogens with zero attached hydrogens (tertiary/aromatic N) is 1. The zero-order valence-corrected chi connectivity index (χ0v) is 16.4. The van der Waals surface area contributed by atoms with E-state index in [4.69, 9.17) is 4.74 Å². The smallest absolute Gasteiger partial charge is 0.323 e. The van der Waals surface area contributed by atoms with E-state index in [1.54, 1.807) is 0 Å². The van der Waals surface area contributed by atoms with Crippen LogP contribution in [0.3, 0.4) is 0 Å². The predicted octanol–water partition coefficient (Wildman–Crippen LogP) is 3.30. The number of carbonyl (C=O) groups excluding carboxylic acids is 2. The molecule has 6 heteroatoms. The number of ether oxygens (including phenoxy) is 1. The van der Waals surface area contributed by atoms with Gasteiger partial charge in [0.05, 0.1) is 13.7 Å². The minimum absolute atomic E-state index is 0.128. The Kier molecular flexibility index (Phi) is 5.74. The molecule has 1 aliphatic rings. The second-order valence-electron chi connectivity index (χ2n) is 6.43. The van der Waals surface area contributed by atoms with Crippen LogP contribution in [-0.4, -0.2) is 36.5 Å². The van der Waals surface area contributed by atoms with Gasteiger partial charge in [-0.25, -0.2) is 0 Å². The van der Waals surface area contributed by atoms with E-state index in [9.17, 15) is 9.59 Å². The van der Waals surface area contributed by atoms with Crippen molar-refractivity contribution in [3.05, 3.63) is 63.6 Å². The first-order valence-electron chi connectivity index (χ1n) is 8.42. The lowest BCUT2D eigenvalue weighted by Gasteiger charge is -2.34. The molecule has 26 heavy (non-hydrogen) atoms. The Morgan fingerprint density at radius 2 is 1.96 bits per heavy atom. The standard InChI is InChI=1S/C20H21BrN2O3/c1-13-9-16(7-8-17(13)21)22-19(24)12-23-11-15-6-4-3-5-14(15)10-18(23)20(25)26-2/h3-9,18H,10-12H2,1-2H3,(H,22,24)/t18-/m1/s1. The summed E-state index contributed by atoms with van der Waals surface area (Å²) in [6.07, 6.45) is 0.549. The summed E-state index contributed by atoms with van der Waals surface area (Å²) >= 11 is 3.45. The monoisotopic (exact) mass is 416 g/mol. The van der Waals surface area contributed by atoms with Gasteiger partial charge in [0.25, 0.3) is 0 Å². The highest BCUT2D eigenvalue weighted by Gasteiger charge is 2.33. The normalized spacial score (nSPS) is 16.7. The van der Waals surface area contributed by atoms with Gasteiger partial charge in [-0.3, -0.25) is 14.5 Å². The summed E-state index contributed by atoms with van der Waals surface area (Å²) in [5.41, 5.74) is 4.05. The molecule has 0 saturated heterocycles. The molecule has 1 aliphatic heterocycles. The summed E-state index contributed by atoms with van der Waals surface area (Å²) in [7, 11) is 1.38. The summed E-state index contributed by atoms with van der Waals surface area (Å²) in [5, 5.41) is 2.91. The molecule has 1 heterocycles. The Balaban J connectivity index is 1.74. The molecule has 1 atom stereocenters. The SMILES string of the molecule is COC(=O)[C@H]1Cc2ccccc2CN1CC(=O)Nc1ccc(Br)c(C)c1. The molecule has 0 fully saturated rings. The van der Waals surface area contributed by atoms with Crippen LogP contribution in [0, 0.1) is 6.92 Å². The number of halogens is 1. The second kappa shape index (κ2) is 8.01. The number of aryl methyl sites for hydroxylation is 1. The van der Waals surface area contributed by atoms with Crippen LogP contribution in [0.15, 0.2) is 46.9 Å². The zero-order chi connectivity index (χ0) is 18.7. The van der Waals surface area contributed by atoms with Crippen LogP contribution in [0.5, 0.6) is 0 Å². The fraction of sp³-hybridized carbons (Fsp3) is 0.300. The second-order valence-corrected chi connectivity index (χ2v) is 7.28. The van der Waals surface area contributed by atoms with E-state index in [1.807, 2.05) is 54.3 Å². The Bertz CT molecular complexity index is 838. The summed E-state index contributed by atoms with van der Waals surface area (Å²) < 4.78 is 5.94. The largest absolute Gasteiger partial charge is 0.468 e. The maximum atomic E-state index is 12.5. The van der Waals surface area contributed by atoms with Crippen molar-refractivity contribution in [2.75, 3.05) is 19.0 Å². The average molecular weight is 417 g/mol. The van der Waals surface area contributed by atoms with E-state index in [0.717, 1.165) is 26.9 Å². The third kappa shape index (κ3) is 4.14. The van der Waals surface area contributed by atoms with Crippen LogP contribution in [0.4, 0.5) is 5.69 Å². The summed E-state index contributed by atoms with van der Waals surface area (Å²) in [6.45, 7) is 2.64. The third-order valence-electron chi connectivity index (χ3n) is 4.61. The van der Waals surface area contributed by atoms with Gasteiger partial charge < -0.3 is 10.1 Å². The Labute approximate surface area is 161 Å². The van der Waals surface area contributed by atoms with Gasteiger partial charge in [-0.15, -0.1) is 0 Å². The highest BCUT2D eigenvalue weighted by molar-refractivity contribution is 9.10. The quantitative estimate of drug-likeness (QED) is 0.776. The number of carbonyl (C=O) groups is 2. The number of amides is 1. The number of methoxy groups -OCH3 is 1. The lowest BCUT2D eigenvalue weighted by Crippen LogP contribution is -2.49. The van der Waals surface area contributed by atoms with Crippen LogP contribution in [0.2, 0.25) is 0 Å². The number of nitrogens with one attached hydrogen (secondary N) is 1. The number of anilines is 1. The first kappa shape index (κ1) is 18.6. The fourth-order valence-corrected chi connectivity index (χ4v) is 3.47. The fourth-order valence-electron chi connectivity index (χ4n) is 3.22. The van der Waals surface area contributed by atoms with E-state index < -0.39 is 6.04 Å².